The van der Waals surface area contributed by atoms with Crippen LogP contribution in [-0.2, 0) is 27.3 Å². The molecular weight excluding hydrogens is 276 g/mol. The average Bonchev–Trinajstić information content (AvgIpc) is 2.78. The molecule has 6 heteroatoms. The number of ether oxygens (including phenoxy) is 1. The van der Waals surface area contributed by atoms with E-state index in [1.54, 1.807) is 11.3 Å². The summed E-state index contributed by atoms with van der Waals surface area (Å²) < 4.78 is 4.65. The third kappa shape index (κ3) is 4.31. The maximum atomic E-state index is 11.8. The first kappa shape index (κ1) is 15.0. The number of hydrogen-bond donors (Lipinski definition) is 2. The summed E-state index contributed by atoms with van der Waals surface area (Å²) in [6.45, 7) is 1.43. The van der Waals surface area contributed by atoms with Crippen molar-refractivity contribution in [1.82, 2.24) is 10.6 Å². The van der Waals surface area contributed by atoms with Gasteiger partial charge in [0.1, 0.15) is 0 Å². The van der Waals surface area contributed by atoms with Crippen LogP contribution in [0.5, 0.6) is 0 Å². The zero-order valence-corrected chi connectivity index (χ0v) is 12.4. The van der Waals surface area contributed by atoms with E-state index >= 15 is 0 Å². The van der Waals surface area contributed by atoms with Gasteiger partial charge in [-0.15, -0.1) is 11.3 Å². The average molecular weight is 296 g/mol. The number of methoxy groups -OCH3 is 1. The van der Waals surface area contributed by atoms with Crippen molar-refractivity contribution < 1.29 is 14.3 Å². The van der Waals surface area contributed by atoms with Gasteiger partial charge in [-0.1, -0.05) is 0 Å². The quantitative estimate of drug-likeness (QED) is 0.802. The highest BCUT2D eigenvalue weighted by atomic mass is 32.1. The number of carbonyl (C=O) groups is 2. The number of rotatable bonds is 5. The number of esters is 1. The second-order valence-electron chi connectivity index (χ2n) is 4.84. The van der Waals surface area contributed by atoms with Crippen molar-refractivity contribution in [3.05, 3.63) is 21.9 Å². The van der Waals surface area contributed by atoms with Crippen LogP contribution in [-0.4, -0.2) is 31.6 Å². The van der Waals surface area contributed by atoms with Gasteiger partial charge in [-0.05, 0) is 31.4 Å². The summed E-state index contributed by atoms with van der Waals surface area (Å²) in [7, 11) is 1.39. The van der Waals surface area contributed by atoms with Crippen LogP contribution in [0.3, 0.4) is 0 Å². The maximum absolute atomic E-state index is 11.8. The van der Waals surface area contributed by atoms with Gasteiger partial charge in [0.05, 0.1) is 19.6 Å². The minimum Gasteiger partial charge on any atom is -0.469 e. The lowest BCUT2D eigenvalue weighted by atomic mass is 10.1. The Hall–Kier alpha value is -1.40. The molecule has 0 aromatic carbocycles. The van der Waals surface area contributed by atoms with Crippen LogP contribution in [0.2, 0.25) is 0 Å². The second-order valence-corrected chi connectivity index (χ2v) is 6.09. The molecule has 1 atom stereocenters. The standard InChI is InChI=1S/C14H20N2O3S/c1-19-13(17)8-10-5-6-11(20-10)9-16-12-4-2-3-7-15-14(12)18/h5-6,12,16H,2-4,7-9H2,1H3,(H,15,18). The van der Waals surface area contributed by atoms with Crippen molar-refractivity contribution in [3.8, 4) is 0 Å². The summed E-state index contributed by atoms with van der Waals surface area (Å²) >= 11 is 1.58. The van der Waals surface area contributed by atoms with E-state index in [9.17, 15) is 9.59 Å². The van der Waals surface area contributed by atoms with Crippen molar-refractivity contribution >= 4 is 23.2 Å². The largest absolute Gasteiger partial charge is 0.469 e. The van der Waals surface area contributed by atoms with Gasteiger partial charge in [-0.25, -0.2) is 0 Å². The lowest BCUT2D eigenvalue weighted by Crippen LogP contribution is -2.42. The van der Waals surface area contributed by atoms with Gasteiger partial charge in [0.25, 0.3) is 0 Å². The summed E-state index contributed by atoms with van der Waals surface area (Å²) in [6, 6.07) is 3.82. The summed E-state index contributed by atoms with van der Waals surface area (Å²) in [4.78, 5) is 25.1. The lowest BCUT2D eigenvalue weighted by Gasteiger charge is -2.14. The Morgan fingerprint density at radius 1 is 1.45 bits per heavy atom. The summed E-state index contributed by atoms with van der Waals surface area (Å²) in [5, 5.41) is 6.20. The smallest absolute Gasteiger partial charge is 0.310 e. The molecule has 1 aromatic heterocycles. The number of carbonyl (C=O) groups excluding carboxylic acids is 2. The van der Waals surface area contributed by atoms with Crippen molar-refractivity contribution in [2.24, 2.45) is 0 Å². The molecule has 5 nitrogen and oxygen atoms in total. The molecule has 2 N–H and O–H groups in total. The zero-order chi connectivity index (χ0) is 14.4. The van der Waals surface area contributed by atoms with Crippen LogP contribution in [0.15, 0.2) is 12.1 Å². The highest BCUT2D eigenvalue weighted by molar-refractivity contribution is 7.12. The van der Waals surface area contributed by atoms with Crippen molar-refractivity contribution in [2.45, 2.75) is 38.3 Å². The molecule has 20 heavy (non-hydrogen) atoms. The number of hydrogen-bond acceptors (Lipinski definition) is 5. The normalized spacial score (nSPS) is 19.2. The Kier molecular flexibility index (Phi) is 5.55. The van der Waals surface area contributed by atoms with Crippen LogP contribution < -0.4 is 10.6 Å². The minimum absolute atomic E-state index is 0.0915. The maximum Gasteiger partial charge on any atom is 0.310 e. The lowest BCUT2D eigenvalue weighted by molar-refractivity contribution is -0.139. The fourth-order valence-electron chi connectivity index (χ4n) is 2.18. The first-order chi connectivity index (χ1) is 9.69. The van der Waals surface area contributed by atoms with Gasteiger partial charge < -0.3 is 15.4 Å². The van der Waals surface area contributed by atoms with E-state index in [1.165, 1.54) is 7.11 Å². The molecule has 0 radical (unpaired) electrons. The topological polar surface area (TPSA) is 67.4 Å². The molecule has 1 amide bonds. The van der Waals surface area contributed by atoms with E-state index < -0.39 is 0 Å². The molecule has 0 aliphatic carbocycles. The van der Waals surface area contributed by atoms with E-state index in [4.69, 9.17) is 0 Å². The Balaban J connectivity index is 1.84. The molecule has 0 bridgehead atoms. The van der Waals surface area contributed by atoms with Gasteiger partial charge in [-0.2, -0.15) is 0 Å². The summed E-state index contributed by atoms with van der Waals surface area (Å²) in [6.07, 6.45) is 3.30. The zero-order valence-electron chi connectivity index (χ0n) is 11.6. The molecule has 1 aromatic rings. The fourth-order valence-corrected chi connectivity index (χ4v) is 3.14. The molecule has 1 unspecified atom stereocenters. The molecule has 2 rings (SSSR count). The van der Waals surface area contributed by atoms with E-state index in [0.717, 1.165) is 35.6 Å². The van der Waals surface area contributed by atoms with Crippen LogP contribution in [0.1, 0.15) is 29.0 Å². The predicted molar refractivity (Wildman–Crippen MR) is 77.5 cm³/mol. The predicted octanol–water partition coefficient (Wildman–Crippen LogP) is 1.22. The molecule has 1 saturated heterocycles. The molecule has 0 spiro atoms. The minimum atomic E-state index is -0.227. The van der Waals surface area contributed by atoms with Crippen molar-refractivity contribution in [3.63, 3.8) is 0 Å². The number of nitrogens with one attached hydrogen (secondary N) is 2. The molecule has 1 fully saturated rings. The van der Waals surface area contributed by atoms with Crippen LogP contribution >= 0.6 is 11.3 Å². The van der Waals surface area contributed by atoms with Gasteiger partial charge in [-0.3, -0.25) is 9.59 Å². The first-order valence-electron chi connectivity index (χ1n) is 6.84. The van der Waals surface area contributed by atoms with Gasteiger partial charge in [0.2, 0.25) is 5.91 Å². The van der Waals surface area contributed by atoms with E-state index in [2.05, 4.69) is 15.4 Å². The van der Waals surface area contributed by atoms with Crippen molar-refractivity contribution in [1.29, 1.82) is 0 Å². The van der Waals surface area contributed by atoms with Crippen LogP contribution in [0.25, 0.3) is 0 Å². The van der Waals surface area contributed by atoms with Crippen molar-refractivity contribution in [2.75, 3.05) is 13.7 Å². The third-order valence-corrected chi connectivity index (χ3v) is 4.41. The molecule has 1 aliphatic rings. The Bertz CT molecular complexity index is 473. The van der Waals surface area contributed by atoms with Gasteiger partial charge in [0.15, 0.2) is 0 Å². The monoisotopic (exact) mass is 296 g/mol. The Labute approximate surface area is 122 Å². The SMILES string of the molecule is COC(=O)Cc1ccc(CNC2CCCCNC2=O)s1. The van der Waals surface area contributed by atoms with Gasteiger partial charge in [0, 0.05) is 22.8 Å². The molecule has 1 aliphatic heterocycles. The molecular formula is C14H20N2O3S. The van der Waals surface area contributed by atoms with E-state index in [0.29, 0.717) is 13.0 Å². The molecule has 0 saturated carbocycles. The first-order valence-corrected chi connectivity index (χ1v) is 7.66. The molecule has 2 heterocycles. The Morgan fingerprint density at radius 2 is 2.25 bits per heavy atom. The van der Waals surface area contributed by atoms with Crippen LogP contribution in [0.4, 0.5) is 0 Å². The number of thiophene rings is 1. The summed E-state index contributed by atoms with van der Waals surface area (Å²) in [5.41, 5.74) is 0. The second kappa shape index (κ2) is 7.40. The highest BCUT2D eigenvalue weighted by Crippen LogP contribution is 2.18. The summed E-state index contributed by atoms with van der Waals surface area (Å²) in [5.74, 6) is -0.136. The highest BCUT2D eigenvalue weighted by Gasteiger charge is 2.19. The van der Waals surface area contributed by atoms with Crippen LogP contribution in [0, 0.1) is 0 Å². The van der Waals surface area contributed by atoms with Gasteiger partial charge >= 0.3 is 5.97 Å². The number of amides is 1. The fraction of sp³-hybridized carbons (Fsp3) is 0.571. The third-order valence-electron chi connectivity index (χ3n) is 3.32. The molecule has 110 valence electrons. The van der Waals surface area contributed by atoms with E-state index in [1.807, 2.05) is 12.1 Å². The Morgan fingerprint density at radius 3 is 3.05 bits per heavy atom. The van der Waals surface area contributed by atoms with E-state index in [-0.39, 0.29) is 17.9 Å².